The van der Waals surface area contributed by atoms with Crippen molar-refractivity contribution in [2.75, 3.05) is 11.9 Å². The van der Waals surface area contributed by atoms with Crippen LogP contribution in [0.4, 0.5) is 5.69 Å². The molecule has 0 fully saturated rings. The maximum Gasteiger partial charge on any atom is 0.270 e. The number of aromatic nitrogens is 2. The molecule has 0 unspecified atom stereocenters. The number of carbonyl (C=O) groups is 1. The number of carbonyl (C=O) groups excluding carboxylic acids is 1. The molecule has 2 N–H and O–H groups in total. The molecule has 0 saturated carbocycles. The number of hydrogen-bond donors (Lipinski definition) is 2. The second-order valence-corrected chi connectivity index (χ2v) is 4.34. The predicted octanol–water partition coefficient (Wildman–Crippen LogP) is 1.90. The molecule has 1 amide bonds. The van der Waals surface area contributed by atoms with Crippen LogP contribution in [0.5, 0.6) is 0 Å². The third kappa shape index (κ3) is 3.27. The first-order valence-electron chi connectivity index (χ1n) is 5.64. The van der Waals surface area contributed by atoms with Crippen molar-refractivity contribution < 1.29 is 4.79 Å². The van der Waals surface area contributed by atoms with Crippen molar-refractivity contribution in [1.82, 2.24) is 15.3 Å². The highest BCUT2D eigenvalue weighted by molar-refractivity contribution is 7.07. The van der Waals surface area contributed by atoms with Gasteiger partial charge in [0.2, 0.25) is 0 Å². The van der Waals surface area contributed by atoms with Gasteiger partial charge in [-0.25, -0.2) is 9.97 Å². The van der Waals surface area contributed by atoms with Crippen LogP contribution in [-0.2, 0) is 6.54 Å². The van der Waals surface area contributed by atoms with Gasteiger partial charge in [-0.2, -0.15) is 0 Å². The summed E-state index contributed by atoms with van der Waals surface area (Å²) in [5.74, 6) is -0.189. The summed E-state index contributed by atoms with van der Waals surface area (Å²) >= 11 is 1.51. The fourth-order valence-corrected chi connectivity index (χ4v) is 1.98. The van der Waals surface area contributed by atoms with Gasteiger partial charge in [0, 0.05) is 11.9 Å². The second-order valence-electron chi connectivity index (χ2n) is 3.62. The fourth-order valence-electron chi connectivity index (χ4n) is 1.42. The number of nitrogens with zero attached hydrogens (tertiary/aromatic N) is 2. The molecule has 0 aliphatic rings. The van der Waals surface area contributed by atoms with Gasteiger partial charge in [-0.15, -0.1) is 11.3 Å². The third-order valence-electron chi connectivity index (χ3n) is 2.29. The van der Waals surface area contributed by atoms with Gasteiger partial charge in [0.05, 0.1) is 29.6 Å². The van der Waals surface area contributed by atoms with Gasteiger partial charge in [0.25, 0.3) is 5.91 Å². The summed E-state index contributed by atoms with van der Waals surface area (Å²) in [7, 11) is 0. The van der Waals surface area contributed by atoms with Crippen molar-refractivity contribution in [3.8, 4) is 0 Å². The summed E-state index contributed by atoms with van der Waals surface area (Å²) in [6.07, 6.45) is 1.65. The highest BCUT2D eigenvalue weighted by Gasteiger charge is 2.07. The number of amides is 1. The zero-order valence-corrected chi connectivity index (χ0v) is 10.8. The molecule has 2 aromatic rings. The standard InChI is InChI=1S/C12H14N4OS/c1-2-13-9-3-4-11(14-5-9)12(17)15-6-10-7-18-8-16-10/h3-5,7-8,13H,2,6H2,1H3,(H,15,17). The van der Waals surface area contributed by atoms with Crippen LogP contribution < -0.4 is 10.6 Å². The zero-order valence-electron chi connectivity index (χ0n) is 10.0. The average Bonchev–Trinajstić information content (AvgIpc) is 2.90. The predicted molar refractivity (Wildman–Crippen MR) is 71.7 cm³/mol. The molecular formula is C12H14N4OS. The maximum atomic E-state index is 11.8. The fraction of sp³-hybridized carbons (Fsp3) is 0.250. The molecular weight excluding hydrogens is 248 g/mol. The van der Waals surface area contributed by atoms with Crippen molar-refractivity contribution in [1.29, 1.82) is 0 Å². The van der Waals surface area contributed by atoms with Crippen molar-refractivity contribution in [2.24, 2.45) is 0 Å². The van der Waals surface area contributed by atoms with Crippen LogP contribution in [0.25, 0.3) is 0 Å². The van der Waals surface area contributed by atoms with Crippen LogP contribution in [0.3, 0.4) is 0 Å². The minimum Gasteiger partial charge on any atom is -0.384 e. The van der Waals surface area contributed by atoms with Crippen molar-refractivity contribution in [2.45, 2.75) is 13.5 Å². The van der Waals surface area contributed by atoms with E-state index in [1.54, 1.807) is 17.8 Å². The Balaban J connectivity index is 1.92. The second kappa shape index (κ2) is 6.11. The topological polar surface area (TPSA) is 66.9 Å². The Morgan fingerprint density at radius 2 is 2.28 bits per heavy atom. The lowest BCUT2D eigenvalue weighted by Gasteiger charge is -2.05. The Morgan fingerprint density at radius 3 is 2.89 bits per heavy atom. The van der Waals surface area contributed by atoms with E-state index in [-0.39, 0.29) is 5.91 Å². The lowest BCUT2D eigenvalue weighted by molar-refractivity contribution is 0.0945. The Kier molecular flexibility index (Phi) is 4.25. The highest BCUT2D eigenvalue weighted by Crippen LogP contribution is 2.06. The van der Waals surface area contributed by atoms with E-state index in [1.165, 1.54) is 11.3 Å². The number of nitrogens with one attached hydrogen (secondary N) is 2. The summed E-state index contributed by atoms with van der Waals surface area (Å²) in [6, 6.07) is 3.54. The van der Waals surface area contributed by atoms with Crippen molar-refractivity contribution >= 4 is 22.9 Å². The van der Waals surface area contributed by atoms with Crippen molar-refractivity contribution in [3.05, 3.63) is 40.6 Å². The maximum absolute atomic E-state index is 11.8. The Bertz CT molecular complexity index is 495. The molecule has 18 heavy (non-hydrogen) atoms. The van der Waals surface area contributed by atoms with Gasteiger partial charge in [0.15, 0.2) is 0 Å². The summed E-state index contributed by atoms with van der Waals surface area (Å²) < 4.78 is 0. The molecule has 0 aromatic carbocycles. The summed E-state index contributed by atoms with van der Waals surface area (Å²) in [5, 5.41) is 7.81. The monoisotopic (exact) mass is 262 g/mol. The molecule has 2 aromatic heterocycles. The van der Waals surface area contributed by atoms with Crippen LogP contribution in [0.2, 0.25) is 0 Å². The van der Waals surface area contributed by atoms with E-state index in [4.69, 9.17) is 0 Å². The van der Waals surface area contributed by atoms with Gasteiger partial charge in [-0.1, -0.05) is 0 Å². The minimum atomic E-state index is -0.189. The normalized spacial score (nSPS) is 10.1. The van der Waals surface area contributed by atoms with Crippen LogP contribution in [-0.4, -0.2) is 22.4 Å². The Labute approximate surface area is 109 Å². The summed E-state index contributed by atoms with van der Waals surface area (Å²) in [4.78, 5) is 20.0. The summed E-state index contributed by atoms with van der Waals surface area (Å²) in [5.41, 5.74) is 3.92. The van der Waals surface area contributed by atoms with Gasteiger partial charge in [-0.05, 0) is 19.1 Å². The quantitative estimate of drug-likeness (QED) is 0.863. The molecule has 2 heterocycles. The van der Waals surface area contributed by atoms with Gasteiger partial charge >= 0.3 is 0 Å². The van der Waals surface area contributed by atoms with E-state index in [9.17, 15) is 4.79 Å². The molecule has 6 heteroatoms. The van der Waals surface area contributed by atoms with Crippen LogP contribution in [0.15, 0.2) is 29.2 Å². The van der Waals surface area contributed by atoms with Gasteiger partial charge in [-0.3, -0.25) is 4.79 Å². The number of anilines is 1. The minimum absolute atomic E-state index is 0.189. The molecule has 5 nitrogen and oxygen atoms in total. The average molecular weight is 262 g/mol. The first-order chi connectivity index (χ1) is 8.79. The molecule has 94 valence electrons. The first-order valence-corrected chi connectivity index (χ1v) is 6.59. The van der Waals surface area contributed by atoms with E-state index in [0.29, 0.717) is 12.2 Å². The summed E-state index contributed by atoms with van der Waals surface area (Å²) in [6.45, 7) is 3.27. The lowest BCUT2D eigenvalue weighted by Crippen LogP contribution is -2.23. The molecule has 0 radical (unpaired) electrons. The number of pyridine rings is 1. The van der Waals surface area contributed by atoms with E-state index >= 15 is 0 Å². The SMILES string of the molecule is CCNc1ccc(C(=O)NCc2cscn2)nc1. The number of thiazole rings is 1. The molecule has 0 aliphatic heterocycles. The van der Waals surface area contributed by atoms with Gasteiger partial charge in [0.1, 0.15) is 5.69 Å². The van der Waals surface area contributed by atoms with E-state index < -0.39 is 0 Å². The Hall–Kier alpha value is -1.95. The highest BCUT2D eigenvalue weighted by atomic mass is 32.1. The lowest BCUT2D eigenvalue weighted by atomic mass is 10.3. The molecule has 0 bridgehead atoms. The van der Waals surface area contributed by atoms with E-state index in [2.05, 4.69) is 20.6 Å². The molecule has 0 atom stereocenters. The number of rotatable bonds is 5. The first kappa shape index (κ1) is 12.5. The van der Waals surface area contributed by atoms with Crippen molar-refractivity contribution in [3.63, 3.8) is 0 Å². The van der Waals surface area contributed by atoms with Gasteiger partial charge < -0.3 is 10.6 Å². The Morgan fingerprint density at radius 1 is 1.39 bits per heavy atom. The third-order valence-corrected chi connectivity index (χ3v) is 2.93. The van der Waals surface area contributed by atoms with Crippen LogP contribution in [0.1, 0.15) is 23.1 Å². The zero-order chi connectivity index (χ0) is 12.8. The molecule has 0 spiro atoms. The molecule has 0 aliphatic carbocycles. The molecule has 2 rings (SSSR count). The number of hydrogen-bond acceptors (Lipinski definition) is 5. The molecule has 0 saturated heterocycles. The van der Waals surface area contributed by atoms with E-state index in [0.717, 1.165) is 17.9 Å². The largest absolute Gasteiger partial charge is 0.384 e. The van der Waals surface area contributed by atoms with Crippen LogP contribution >= 0.6 is 11.3 Å². The van der Waals surface area contributed by atoms with Crippen LogP contribution in [0, 0.1) is 0 Å². The smallest absolute Gasteiger partial charge is 0.270 e. The van der Waals surface area contributed by atoms with E-state index in [1.807, 2.05) is 18.4 Å².